The van der Waals surface area contributed by atoms with E-state index in [9.17, 15) is 22.8 Å². The molecule has 1 aromatic carbocycles. The first-order chi connectivity index (χ1) is 20.6. The van der Waals surface area contributed by atoms with Gasteiger partial charge in [0.1, 0.15) is 12.0 Å². The predicted molar refractivity (Wildman–Crippen MR) is 139 cm³/mol. The highest BCUT2D eigenvalue weighted by atomic mass is 35.5. The fraction of sp³-hybridized carbons (Fsp3) is 0.115. The van der Waals surface area contributed by atoms with Crippen LogP contribution in [-0.4, -0.2) is 44.8 Å². The molecule has 43 heavy (non-hydrogen) atoms. The molecule has 6 aromatic rings. The van der Waals surface area contributed by atoms with Gasteiger partial charge in [-0.3, -0.25) is 9.36 Å². The van der Waals surface area contributed by atoms with Crippen LogP contribution in [-0.2, 0) is 12.7 Å². The van der Waals surface area contributed by atoms with Crippen LogP contribution in [0.1, 0.15) is 17.4 Å². The number of rotatable bonds is 7. The molecule has 0 amide bonds. The molecule has 5 heterocycles. The molecule has 0 spiro atoms. The van der Waals surface area contributed by atoms with Crippen LogP contribution in [0.3, 0.4) is 0 Å². The fourth-order valence-corrected chi connectivity index (χ4v) is 4.77. The number of hydrogen-bond acceptors (Lipinski definition) is 7. The summed E-state index contributed by atoms with van der Waals surface area (Å²) >= 11 is 6.03. The molecule has 0 saturated heterocycles. The lowest BCUT2D eigenvalue weighted by molar-refractivity contribution is -0.615. The van der Waals surface area contributed by atoms with Gasteiger partial charge in [-0.1, -0.05) is 11.6 Å². The van der Waals surface area contributed by atoms with E-state index in [0.29, 0.717) is 20.5 Å². The average molecular weight is 615 g/mol. The number of tetrazole rings is 1. The third kappa shape index (κ3) is 5.39. The third-order valence-electron chi connectivity index (χ3n) is 6.58. The van der Waals surface area contributed by atoms with E-state index in [2.05, 4.69) is 30.7 Å². The summed E-state index contributed by atoms with van der Waals surface area (Å²) in [6, 6.07) is 7.87. The highest BCUT2D eigenvalue weighted by molar-refractivity contribution is 6.31. The van der Waals surface area contributed by atoms with E-state index in [4.69, 9.17) is 11.6 Å². The quantitative estimate of drug-likeness (QED) is 0.111. The normalized spacial score (nSPS) is 12.5. The van der Waals surface area contributed by atoms with E-state index in [0.717, 1.165) is 24.5 Å². The Hall–Kier alpha value is -5.25. The second-order valence-electron chi connectivity index (χ2n) is 9.17. The first kappa shape index (κ1) is 27.9. The zero-order valence-corrected chi connectivity index (χ0v) is 22.2. The molecule has 17 heteroatoms. The zero-order chi connectivity index (χ0) is 30.3. The molecule has 0 aliphatic heterocycles. The van der Waals surface area contributed by atoms with E-state index in [-0.39, 0.29) is 27.5 Å². The SMILES string of the molecule is [O-][n+]1cc(-c2c(-n3cnnn3)ccc(Cl)c2F)ccc1C(Cn1nccc1C(F)(F)F)n1cc(-c2ccnc(F)c2)cn1. The molecule has 0 aliphatic rings. The molecule has 0 fully saturated rings. The Balaban J connectivity index is 1.46. The van der Waals surface area contributed by atoms with Crippen LogP contribution in [0.5, 0.6) is 0 Å². The zero-order valence-electron chi connectivity index (χ0n) is 21.4. The molecule has 0 radical (unpaired) electrons. The highest BCUT2D eigenvalue weighted by Gasteiger charge is 2.36. The smallest absolute Gasteiger partial charge is 0.433 e. The van der Waals surface area contributed by atoms with Gasteiger partial charge in [0.2, 0.25) is 11.6 Å². The third-order valence-corrected chi connectivity index (χ3v) is 6.87. The lowest BCUT2D eigenvalue weighted by Gasteiger charge is -2.20. The number of hydrogen-bond donors (Lipinski definition) is 0. The molecule has 0 saturated carbocycles. The Kier molecular flexibility index (Phi) is 7.05. The van der Waals surface area contributed by atoms with Crippen molar-refractivity contribution in [1.82, 2.24) is 44.8 Å². The standard InChI is InChI=1S/C26H16ClF5N10O/c27-18-2-4-20(41-14-34-37-38-41)24(25(18)29)16-1-3-19(42(43)12-16)21(13-40-22(6-8-35-40)26(30,31)32)39-11-17(10-36-39)15-5-7-33-23(28)9-15/h1-12,14,21H,13H2. The lowest BCUT2D eigenvalue weighted by atomic mass is 10.0. The largest absolute Gasteiger partial charge is 0.618 e. The topological polar surface area (TPSA) is 119 Å². The Bertz CT molecular complexity index is 1920. The molecule has 1 unspecified atom stereocenters. The molecular weight excluding hydrogens is 599 g/mol. The van der Waals surface area contributed by atoms with Crippen LogP contribution in [0.25, 0.3) is 27.9 Å². The summed E-state index contributed by atoms with van der Waals surface area (Å²) in [5, 5.41) is 32.2. The van der Waals surface area contributed by atoms with Crippen molar-refractivity contribution in [3.63, 3.8) is 0 Å². The molecule has 218 valence electrons. The summed E-state index contributed by atoms with van der Waals surface area (Å²) in [5.41, 5.74) is -0.0691. The molecule has 0 aliphatic carbocycles. The average Bonchev–Trinajstić information content (AvgIpc) is 3.75. The van der Waals surface area contributed by atoms with Gasteiger partial charge in [0, 0.05) is 36.3 Å². The van der Waals surface area contributed by atoms with Gasteiger partial charge in [0.25, 0.3) is 0 Å². The summed E-state index contributed by atoms with van der Waals surface area (Å²) in [7, 11) is 0. The number of benzene rings is 1. The fourth-order valence-electron chi connectivity index (χ4n) is 4.61. The van der Waals surface area contributed by atoms with Gasteiger partial charge >= 0.3 is 6.18 Å². The maximum Gasteiger partial charge on any atom is 0.433 e. The van der Waals surface area contributed by atoms with Gasteiger partial charge < -0.3 is 5.21 Å². The van der Waals surface area contributed by atoms with Gasteiger partial charge in [0.15, 0.2) is 18.1 Å². The van der Waals surface area contributed by atoms with Crippen LogP contribution < -0.4 is 4.73 Å². The summed E-state index contributed by atoms with van der Waals surface area (Å²) in [6.45, 7) is -0.462. The van der Waals surface area contributed by atoms with Crippen molar-refractivity contribution in [3.05, 3.63) is 113 Å². The molecular formula is C26H16ClF5N10O. The first-order valence-electron chi connectivity index (χ1n) is 12.3. The minimum absolute atomic E-state index is 0.0469. The van der Waals surface area contributed by atoms with Gasteiger partial charge in [-0.05, 0) is 46.3 Å². The monoisotopic (exact) mass is 614 g/mol. The minimum Gasteiger partial charge on any atom is -0.618 e. The molecule has 0 N–H and O–H groups in total. The van der Waals surface area contributed by atoms with Crippen LogP contribution in [0.15, 0.2) is 79.8 Å². The van der Waals surface area contributed by atoms with E-state index < -0.39 is 36.2 Å². The Labute approximate surface area is 243 Å². The van der Waals surface area contributed by atoms with Gasteiger partial charge in [-0.25, -0.2) is 9.37 Å². The van der Waals surface area contributed by atoms with Crippen molar-refractivity contribution in [1.29, 1.82) is 0 Å². The molecule has 0 bridgehead atoms. The number of pyridine rings is 2. The Morgan fingerprint density at radius 1 is 0.977 bits per heavy atom. The molecule has 6 rings (SSSR count). The maximum atomic E-state index is 15.3. The van der Waals surface area contributed by atoms with E-state index in [1.165, 1.54) is 64.6 Å². The molecule has 1 atom stereocenters. The van der Waals surface area contributed by atoms with Crippen molar-refractivity contribution in [2.75, 3.05) is 0 Å². The van der Waals surface area contributed by atoms with Gasteiger partial charge in [0.05, 0.1) is 34.6 Å². The van der Waals surface area contributed by atoms with E-state index in [1.54, 1.807) is 0 Å². The van der Waals surface area contributed by atoms with Crippen LogP contribution >= 0.6 is 11.6 Å². The number of aromatic nitrogens is 10. The number of nitrogens with zero attached hydrogens (tertiary/aromatic N) is 10. The van der Waals surface area contributed by atoms with Crippen molar-refractivity contribution >= 4 is 11.6 Å². The van der Waals surface area contributed by atoms with Crippen LogP contribution in [0.2, 0.25) is 5.02 Å². The maximum absolute atomic E-state index is 15.3. The highest BCUT2D eigenvalue weighted by Crippen LogP contribution is 2.34. The van der Waals surface area contributed by atoms with Crippen molar-refractivity contribution in [2.24, 2.45) is 0 Å². The minimum atomic E-state index is -4.72. The Morgan fingerprint density at radius 2 is 1.81 bits per heavy atom. The number of alkyl halides is 3. The summed E-state index contributed by atoms with van der Waals surface area (Å²) in [5.74, 6) is -1.58. The van der Waals surface area contributed by atoms with E-state index in [1.807, 2.05) is 0 Å². The molecule has 5 aromatic heterocycles. The second kappa shape index (κ2) is 10.9. The first-order valence-corrected chi connectivity index (χ1v) is 12.7. The van der Waals surface area contributed by atoms with Crippen LogP contribution in [0.4, 0.5) is 22.0 Å². The van der Waals surface area contributed by atoms with Gasteiger partial charge in [-0.15, -0.1) is 5.10 Å². The van der Waals surface area contributed by atoms with E-state index >= 15 is 4.39 Å². The second-order valence-corrected chi connectivity index (χ2v) is 9.57. The lowest BCUT2D eigenvalue weighted by Crippen LogP contribution is -2.37. The summed E-state index contributed by atoms with van der Waals surface area (Å²) < 4.78 is 73.7. The van der Waals surface area contributed by atoms with Crippen LogP contribution in [0, 0.1) is 17.0 Å². The predicted octanol–water partition coefficient (Wildman–Crippen LogP) is 4.66. The van der Waals surface area contributed by atoms with Crippen molar-refractivity contribution in [3.8, 4) is 27.9 Å². The van der Waals surface area contributed by atoms with Crippen molar-refractivity contribution < 1.29 is 26.7 Å². The Morgan fingerprint density at radius 3 is 2.53 bits per heavy atom. The van der Waals surface area contributed by atoms with Crippen molar-refractivity contribution in [2.45, 2.75) is 18.8 Å². The summed E-state index contributed by atoms with van der Waals surface area (Å²) in [4.78, 5) is 3.51. The van der Waals surface area contributed by atoms with Gasteiger partial charge in [-0.2, -0.15) is 37.2 Å². The number of halogens is 6. The summed E-state index contributed by atoms with van der Waals surface area (Å²) in [6.07, 6.45) is 2.64. The molecule has 11 nitrogen and oxygen atoms in total.